The molecule has 0 aliphatic carbocycles. The Kier molecular flexibility index (Phi) is 7.59. The minimum atomic E-state index is -0.836. The van der Waals surface area contributed by atoms with E-state index in [4.69, 9.17) is 9.47 Å². The lowest BCUT2D eigenvalue weighted by atomic mass is 10.1. The number of benzene rings is 1. The zero-order chi connectivity index (χ0) is 17.2. The van der Waals surface area contributed by atoms with Crippen molar-refractivity contribution in [2.24, 2.45) is 0 Å². The normalized spacial score (nSPS) is 11.3. The summed E-state index contributed by atoms with van der Waals surface area (Å²) in [4.78, 5) is 34.7. The first-order valence-electron chi connectivity index (χ1n) is 7.07. The van der Waals surface area contributed by atoms with Crippen molar-refractivity contribution in [3.8, 4) is 5.75 Å². The Balaban J connectivity index is 2.70. The summed E-state index contributed by atoms with van der Waals surface area (Å²) in [5.41, 5.74) is 0.813. The van der Waals surface area contributed by atoms with Crippen LogP contribution in [0.4, 0.5) is 0 Å². The molecule has 0 bridgehead atoms. The number of amides is 1. The van der Waals surface area contributed by atoms with Crippen molar-refractivity contribution in [3.05, 3.63) is 29.8 Å². The maximum absolute atomic E-state index is 11.9. The minimum Gasteiger partial charge on any atom is -0.497 e. The average Bonchev–Trinajstić information content (AvgIpc) is 2.58. The highest BCUT2D eigenvalue weighted by atomic mass is 16.5. The fourth-order valence-corrected chi connectivity index (χ4v) is 1.95. The molecule has 0 unspecified atom stereocenters. The molecule has 1 amide bonds. The number of ether oxygens (including phenoxy) is 3. The predicted molar refractivity (Wildman–Crippen MR) is 81.9 cm³/mol. The first kappa shape index (κ1) is 18.5. The van der Waals surface area contributed by atoms with Crippen molar-refractivity contribution in [3.63, 3.8) is 0 Å². The van der Waals surface area contributed by atoms with E-state index in [-0.39, 0.29) is 19.3 Å². The quantitative estimate of drug-likeness (QED) is 0.713. The molecule has 7 heteroatoms. The molecule has 1 atom stereocenters. The lowest BCUT2D eigenvalue weighted by Crippen LogP contribution is -2.43. The van der Waals surface area contributed by atoms with Gasteiger partial charge in [0.25, 0.3) is 0 Å². The summed E-state index contributed by atoms with van der Waals surface area (Å²) < 4.78 is 14.3. The molecule has 1 N–H and O–H groups in total. The monoisotopic (exact) mass is 323 g/mol. The van der Waals surface area contributed by atoms with Gasteiger partial charge >= 0.3 is 11.9 Å². The van der Waals surface area contributed by atoms with Gasteiger partial charge in [-0.05, 0) is 17.7 Å². The third kappa shape index (κ3) is 6.37. The zero-order valence-corrected chi connectivity index (χ0v) is 13.5. The van der Waals surface area contributed by atoms with Crippen molar-refractivity contribution in [1.82, 2.24) is 5.32 Å². The number of rotatable bonds is 8. The molecule has 0 aliphatic rings. The van der Waals surface area contributed by atoms with Gasteiger partial charge in [-0.15, -0.1) is 0 Å². The molecule has 7 nitrogen and oxygen atoms in total. The van der Waals surface area contributed by atoms with Crippen LogP contribution < -0.4 is 10.1 Å². The van der Waals surface area contributed by atoms with Crippen LogP contribution in [0.3, 0.4) is 0 Å². The largest absolute Gasteiger partial charge is 0.497 e. The van der Waals surface area contributed by atoms with Crippen LogP contribution in [0, 0.1) is 0 Å². The number of hydrogen-bond donors (Lipinski definition) is 1. The van der Waals surface area contributed by atoms with E-state index >= 15 is 0 Å². The number of carbonyl (C=O) groups excluding carboxylic acids is 3. The number of hydrogen-bond acceptors (Lipinski definition) is 6. The molecule has 0 saturated heterocycles. The lowest BCUT2D eigenvalue weighted by molar-refractivity contribution is -0.145. The second-order valence-corrected chi connectivity index (χ2v) is 4.78. The number of methoxy groups -OCH3 is 3. The standard InChI is InChI=1S/C16H21NO6/c1-21-12-6-4-5-11(9-12)10-13(16(20)23-3)17-14(18)7-8-15(19)22-2/h4-6,9,13H,7-8,10H2,1-3H3,(H,17,18)/t13-/m1/s1. The molecule has 1 aromatic carbocycles. The summed E-state index contributed by atoms with van der Waals surface area (Å²) in [5, 5.41) is 2.57. The molecular formula is C16H21NO6. The van der Waals surface area contributed by atoms with Crippen LogP contribution in [0.2, 0.25) is 0 Å². The van der Waals surface area contributed by atoms with E-state index in [0.717, 1.165) is 5.56 Å². The van der Waals surface area contributed by atoms with Crippen molar-refractivity contribution >= 4 is 17.8 Å². The lowest BCUT2D eigenvalue weighted by Gasteiger charge is -2.17. The fraction of sp³-hybridized carbons (Fsp3) is 0.438. The van der Waals surface area contributed by atoms with Gasteiger partial charge in [0, 0.05) is 12.8 Å². The Morgan fingerprint density at radius 3 is 2.43 bits per heavy atom. The van der Waals surface area contributed by atoms with E-state index in [2.05, 4.69) is 10.1 Å². The van der Waals surface area contributed by atoms with Gasteiger partial charge in [-0.25, -0.2) is 4.79 Å². The summed E-state index contributed by atoms with van der Waals surface area (Å²) in [6.07, 6.45) is 0.154. The van der Waals surface area contributed by atoms with Crippen LogP contribution in [0.5, 0.6) is 5.75 Å². The first-order chi connectivity index (χ1) is 11.0. The van der Waals surface area contributed by atoms with Gasteiger partial charge in [-0.1, -0.05) is 12.1 Å². The zero-order valence-electron chi connectivity index (χ0n) is 13.5. The maximum Gasteiger partial charge on any atom is 0.328 e. The van der Waals surface area contributed by atoms with Crippen molar-refractivity contribution in [1.29, 1.82) is 0 Å². The number of nitrogens with one attached hydrogen (secondary N) is 1. The average molecular weight is 323 g/mol. The minimum absolute atomic E-state index is 0.0462. The first-order valence-corrected chi connectivity index (χ1v) is 7.07. The van der Waals surface area contributed by atoms with Crippen molar-refractivity contribution < 1.29 is 28.6 Å². The van der Waals surface area contributed by atoms with Gasteiger partial charge < -0.3 is 19.5 Å². The summed E-state index contributed by atoms with van der Waals surface area (Å²) in [5.74, 6) is -0.807. The van der Waals surface area contributed by atoms with E-state index in [1.165, 1.54) is 14.2 Å². The molecule has 0 aromatic heterocycles. The van der Waals surface area contributed by atoms with Gasteiger partial charge in [0.05, 0.1) is 27.8 Å². The molecule has 0 aliphatic heterocycles. The van der Waals surface area contributed by atoms with Crippen LogP contribution in [0.25, 0.3) is 0 Å². The second kappa shape index (κ2) is 9.45. The SMILES string of the molecule is COC(=O)CCC(=O)N[C@H](Cc1cccc(OC)c1)C(=O)OC. The molecule has 126 valence electrons. The van der Waals surface area contributed by atoms with E-state index in [0.29, 0.717) is 5.75 Å². The second-order valence-electron chi connectivity index (χ2n) is 4.78. The molecule has 1 rings (SSSR count). The van der Waals surface area contributed by atoms with E-state index < -0.39 is 23.9 Å². The maximum atomic E-state index is 11.9. The smallest absolute Gasteiger partial charge is 0.328 e. The summed E-state index contributed by atoms with van der Waals surface area (Å²) in [6.45, 7) is 0. The number of carbonyl (C=O) groups is 3. The molecule has 0 spiro atoms. The van der Waals surface area contributed by atoms with E-state index in [1.54, 1.807) is 25.3 Å². The van der Waals surface area contributed by atoms with Crippen LogP contribution in [-0.4, -0.2) is 45.2 Å². The Labute approximate surface area is 134 Å². The van der Waals surface area contributed by atoms with Gasteiger partial charge in [0.2, 0.25) is 5.91 Å². The van der Waals surface area contributed by atoms with Gasteiger partial charge in [-0.3, -0.25) is 9.59 Å². The van der Waals surface area contributed by atoms with Gasteiger partial charge in [0.15, 0.2) is 0 Å². The third-order valence-electron chi connectivity index (χ3n) is 3.18. The summed E-state index contributed by atoms with van der Waals surface area (Å²) >= 11 is 0. The highest BCUT2D eigenvalue weighted by Crippen LogP contribution is 2.14. The highest BCUT2D eigenvalue weighted by Gasteiger charge is 2.22. The third-order valence-corrected chi connectivity index (χ3v) is 3.18. The topological polar surface area (TPSA) is 90.9 Å². The molecular weight excluding hydrogens is 302 g/mol. The van der Waals surface area contributed by atoms with E-state index in [9.17, 15) is 14.4 Å². The summed E-state index contributed by atoms with van der Waals surface area (Å²) in [7, 11) is 4.05. The Morgan fingerprint density at radius 1 is 1.09 bits per heavy atom. The van der Waals surface area contributed by atoms with Crippen molar-refractivity contribution in [2.45, 2.75) is 25.3 Å². The molecule has 0 radical (unpaired) electrons. The Morgan fingerprint density at radius 2 is 1.83 bits per heavy atom. The molecule has 23 heavy (non-hydrogen) atoms. The molecule has 0 saturated carbocycles. The number of esters is 2. The van der Waals surface area contributed by atoms with Crippen molar-refractivity contribution in [2.75, 3.05) is 21.3 Å². The summed E-state index contributed by atoms with van der Waals surface area (Å²) in [6, 6.07) is 6.33. The Bertz CT molecular complexity index is 557. The van der Waals surface area contributed by atoms with E-state index in [1.807, 2.05) is 6.07 Å². The predicted octanol–water partition coefficient (Wildman–Crippen LogP) is 0.849. The molecule has 0 heterocycles. The van der Waals surface area contributed by atoms with Gasteiger partial charge in [0.1, 0.15) is 11.8 Å². The highest BCUT2D eigenvalue weighted by molar-refractivity contribution is 5.86. The molecule has 0 fully saturated rings. The van der Waals surface area contributed by atoms with Crippen LogP contribution in [0.15, 0.2) is 24.3 Å². The molecule has 1 aromatic rings. The van der Waals surface area contributed by atoms with Crippen LogP contribution in [0.1, 0.15) is 18.4 Å². The Hall–Kier alpha value is -2.57. The van der Waals surface area contributed by atoms with Crippen LogP contribution in [-0.2, 0) is 30.3 Å². The fourth-order valence-electron chi connectivity index (χ4n) is 1.95. The van der Waals surface area contributed by atoms with Gasteiger partial charge in [-0.2, -0.15) is 0 Å². The van der Waals surface area contributed by atoms with Crippen LogP contribution >= 0.6 is 0 Å².